The van der Waals surface area contributed by atoms with E-state index < -0.39 is 0 Å². The number of benzene rings is 1. The number of thiophene rings is 1. The zero-order chi connectivity index (χ0) is 13.0. The second kappa shape index (κ2) is 6.24. The molecule has 0 aliphatic carbocycles. The summed E-state index contributed by atoms with van der Waals surface area (Å²) in [5.41, 5.74) is 0. The van der Waals surface area contributed by atoms with Crippen molar-refractivity contribution in [1.82, 2.24) is 5.32 Å². The van der Waals surface area contributed by atoms with Crippen LogP contribution < -0.4 is 5.32 Å². The second-order valence-corrected chi connectivity index (χ2v) is 5.74. The van der Waals surface area contributed by atoms with Gasteiger partial charge in [-0.25, -0.2) is 0 Å². The predicted molar refractivity (Wildman–Crippen MR) is 81.2 cm³/mol. The standard InChI is InChI=1S/C15H16ClNS/c1-3-7-11(4-2)17-10-14-15(16)12-8-5-6-9-13(12)18-14/h1,5-6,8-9,11,17H,4,7,10H2,2H3. The van der Waals surface area contributed by atoms with Gasteiger partial charge in [0.05, 0.1) is 5.02 Å². The second-order valence-electron chi connectivity index (χ2n) is 4.23. The molecule has 0 spiro atoms. The predicted octanol–water partition coefficient (Wildman–Crippen LogP) is 4.45. The number of nitrogens with one attached hydrogen (secondary N) is 1. The van der Waals surface area contributed by atoms with Gasteiger partial charge in [-0.2, -0.15) is 0 Å². The van der Waals surface area contributed by atoms with Crippen LogP contribution >= 0.6 is 22.9 Å². The van der Waals surface area contributed by atoms with E-state index in [-0.39, 0.29) is 0 Å². The van der Waals surface area contributed by atoms with Crippen molar-refractivity contribution in [3.8, 4) is 12.3 Å². The fourth-order valence-corrected chi connectivity index (χ4v) is 3.37. The van der Waals surface area contributed by atoms with Gasteiger partial charge in [0.1, 0.15) is 0 Å². The Balaban J connectivity index is 2.12. The molecule has 0 aliphatic heterocycles. The maximum atomic E-state index is 6.39. The van der Waals surface area contributed by atoms with Crippen LogP contribution in [0.15, 0.2) is 24.3 Å². The molecule has 0 amide bonds. The van der Waals surface area contributed by atoms with E-state index in [0.717, 1.165) is 29.8 Å². The van der Waals surface area contributed by atoms with Crippen LogP contribution in [0.4, 0.5) is 0 Å². The van der Waals surface area contributed by atoms with Gasteiger partial charge in [-0.1, -0.05) is 36.7 Å². The molecule has 0 radical (unpaired) electrons. The van der Waals surface area contributed by atoms with Gasteiger partial charge in [-0.3, -0.25) is 0 Å². The van der Waals surface area contributed by atoms with Crippen molar-refractivity contribution in [2.75, 3.05) is 0 Å². The van der Waals surface area contributed by atoms with E-state index in [9.17, 15) is 0 Å². The topological polar surface area (TPSA) is 12.0 Å². The highest BCUT2D eigenvalue weighted by molar-refractivity contribution is 7.19. The van der Waals surface area contributed by atoms with E-state index in [4.69, 9.17) is 18.0 Å². The Morgan fingerprint density at radius 1 is 1.44 bits per heavy atom. The zero-order valence-corrected chi connectivity index (χ0v) is 11.9. The van der Waals surface area contributed by atoms with E-state index in [1.54, 1.807) is 11.3 Å². The van der Waals surface area contributed by atoms with Crippen molar-refractivity contribution in [3.05, 3.63) is 34.2 Å². The molecule has 0 bridgehead atoms. The summed E-state index contributed by atoms with van der Waals surface area (Å²) in [6, 6.07) is 8.60. The molecule has 0 saturated carbocycles. The largest absolute Gasteiger partial charge is 0.308 e. The Kier molecular flexibility index (Phi) is 4.66. The smallest absolute Gasteiger partial charge is 0.0636 e. The highest BCUT2D eigenvalue weighted by Gasteiger charge is 2.11. The first-order valence-corrected chi connectivity index (χ1v) is 7.28. The van der Waals surface area contributed by atoms with Gasteiger partial charge in [-0.15, -0.1) is 23.7 Å². The van der Waals surface area contributed by atoms with Gasteiger partial charge in [0, 0.05) is 34.0 Å². The van der Waals surface area contributed by atoms with Gasteiger partial charge in [0.2, 0.25) is 0 Å². The molecular formula is C15H16ClNS. The Bertz CT molecular complexity index is 567. The molecule has 1 atom stereocenters. The SMILES string of the molecule is C#CCC(CC)NCc1sc2ccccc2c1Cl. The highest BCUT2D eigenvalue weighted by atomic mass is 35.5. The molecule has 0 aliphatic rings. The van der Waals surface area contributed by atoms with Crippen molar-refractivity contribution in [2.45, 2.75) is 32.4 Å². The number of terminal acetylenes is 1. The molecule has 2 aromatic rings. The third-order valence-electron chi connectivity index (χ3n) is 3.01. The van der Waals surface area contributed by atoms with E-state index >= 15 is 0 Å². The average Bonchev–Trinajstić information content (AvgIpc) is 2.72. The minimum atomic E-state index is 0.372. The van der Waals surface area contributed by atoms with Crippen LogP contribution in [0.3, 0.4) is 0 Å². The lowest BCUT2D eigenvalue weighted by Crippen LogP contribution is -2.27. The maximum Gasteiger partial charge on any atom is 0.0636 e. The Hall–Kier alpha value is -1.01. The Labute approximate surface area is 117 Å². The first kappa shape index (κ1) is 13.4. The van der Waals surface area contributed by atoms with Gasteiger partial charge >= 0.3 is 0 Å². The summed E-state index contributed by atoms with van der Waals surface area (Å²) < 4.78 is 1.24. The van der Waals surface area contributed by atoms with Gasteiger partial charge in [0.25, 0.3) is 0 Å². The highest BCUT2D eigenvalue weighted by Crippen LogP contribution is 2.35. The number of halogens is 1. The van der Waals surface area contributed by atoms with Crippen LogP contribution in [0, 0.1) is 12.3 Å². The molecule has 3 heteroatoms. The number of fused-ring (bicyclic) bond motifs is 1. The van der Waals surface area contributed by atoms with Crippen molar-refractivity contribution in [1.29, 1.82) is 0 Å². The summed E-state index contributed by atoms with van der Waals surface area (Å²) in [6.07, 6.45) is 7.15. The molecule has 1 heterocycles. The first-order valence-electron chi connectivity index (χ1n) is 6.09. The first-order chi connectivity index (χ1) is 8.76. The normalized spacial score (nSPS) is 12.5. The maximum absolute atomic E-state index is 6.39. The summed E-state index contributed by atoms with van der Waals surface area (Å²) in [6.45, 7) is 2.93. The van der Waals surface area contributed by atoms with Crippen LogP contribution in [-0.4, -0.2) is 6.04 Å². The molecular weight excluding hydrogens is 262 g/mol. The lowest BCUT2D eigenvalue weighted by molar-refractivity contribution is 0.509. The van der Waals surface area contributed by atoms with Crippen LogP contribution in [0.5, 0.6) is 0 Å². The molecule has 1 unspecified atom stereocenters. The summed E-state index contributed by atoms with van der Waals surface area (Å²) in [7, 11) is 0. The van der Waals surface area contributed by atoms with E-state index in [2.05, 4.69) is 30.3 Å². The number of rotatable bonds is 5. The molecule has 0 fully saturated rings. The fraction of sp³-hybridized carbons (Fsp3) is 0.333. The lowest BCUT2D eigenvalue weighted by atomic mass is 10.1. The molecule has 1 aromatic carbocycles. The molecule has 2 rings (SSSR count). The van der Waals surface area contributed by atoms with Crippen LogP contribution in [0.1, 0.15) is 24.6 Å². The monoisotopic (exact) mass is 277 g/mol. The molecule has 94 valence electrons. The van der Waals surface area contributed by atoms with E-state index in [1.165, 1.54) is 9.58 Å². The number of hydrogen-bond donors (Lipinski definition) is 1. The summed E-state index contributed by atoms with van der Waals surface area (Å²) in [5.74, 6) is 2.70. The summed E-state index contributed by atoms with van der Waals surface area (Å²) >= 11 is 8.14. The van der Waals surface area contributed by atoms with E-state index in [1.807, 2.05) is 12.1 Å². The molecule has 0 saturated heterocycles. The van der Waals surface area contributed by atoms with Crippen molar-refractivity contribution in [2.24, 2.45) is 0 Å². The zero-order valence-electron chi connectivity index (χ0n) is 10.4. The third kappa shape index (κ3) is 2.87. The lowest BCUT2D eigenvalue weighted by Gasteiger charge is -2.13. The Morgan fingerprint density at radius 3 is 2.89 bits per heavy atom. The van der Waals surface area contributed by atoms with Gasteiger partial charge < -0.3 is 5.32 Å². The van der Waals surface area contributed by atoms with Crippen LogP contribution in [-0.2, 0) is 6.54 Å². The summed E-state index contributed by atoms with van der Waals surface area (Å²) in [5, 5.41) is 5.49. The van der Waals surface area contributed by atoms with Crippen molar-refractivity contribution < 1.29 is 0 Å². The third-order valence-corrected chi connectivity index (χ3v) is 4.72. The van der Waals surface area contributed by atoms with Crippen LogP contribution in [0.25, 0.3) is 10.1 Å². The van der Waals surface area contributed by atoms with Gasteiger partial charge in [0.15, 0.2) is 0 Å². The molecule has 1 N–H and O–H groups in total. The van der Waals surface area contributed by atoms with Crippen molar-refractivity contribution in [3.63, 3.8) is 0 Å². The quantitative estimate of drug-likeness (QED) is 0.797. The average molecular weight is 278 g/mol. The molecule has 1 nitrogen and oxygen atoms in total. The van der Waals surface area contributed by atoms with Gasteiger partial charge in [-0.05, 0) is 12.5 Å². The fourth-order valence-electron chi connectivity index (χ4n) is 1.92. The number of hydrogen-bond acceptors (Lipinski definition) is 2. The Morgan fingerprint density at radius 2 is 2.22 bits per heavy atom. The minimum absolute atomic E-state index is 0.372. The van der Waals surface area contributed by atoms with Crippen LogP contribution in [0.2, 0.25) is 5.02 Å². The summed E-state index contributed by atoms with van der Waals surface area (Å²) in [4.78, 5) is 1.19. The molecule has 1 aromatic heterocycles. The van der Waals surface area contributed by atoms with E-state index in [0.29, 0.717) is 6.04 Å². The van der Waals surface area contributed by atoms with Crippen molar-refractivity contribution >= 4 is 33.0 Å². The molecule has 18 heavy (non-hydrogen) atoms. The minimum Gasteiger partial charge on any atom is -0.308 e.